The number of hydrogen-bond donors (Lipinski definition) is 0. The van der Waals surface area contributed by atoms with E-state index in [1.165, 1.54) is 12.7 Å². The molecule has 0 aliphatic rings. The number of allylic oxidation sites excluding steroid dienone is 1. The highest BCUT2D eigenvalue weighted by Crippen LogP contribution is 2.10. The molecule has 0 spiro atoms. The lowest BCUT2D eigenvalue weighted by Crippen LogP contribution is -2.08. The van der Waals surface area contributed by atoms with E-state index in [0.717, 1.165) is 19.3 Å². The molecule has 4 heteroatoms. The zero-order valence-corrected chi connectivity index (χ0v) is 15.1. The van der Waals surface area contributed by atoms with Gasteiger partial charge in [0.15, 0.2) is 0 Å². The summed E-state index contributed by atoms with van der Waals surface area (Å²) in [7, 11) is 1.42. The van der Waals surface area contributed by atoms with Gasteiger partial charge in [-0.1, -0.05) is 65.1 Å². The van der Waals surface area contributed by atoms with E-state index >= 15 is 0 Å². The minimum absolute atomic E-state index is 0.0777. The maximum Gasteiger partial charge on any atom is 0.305 e. The summed E-state index contributed by atoms with van der Waals surface area (Å²) in [5.41, 5.74) is 1.18. The fourth-order valence-electron chi connectivity index (χ4n) is 1.88. The molecule has 0 fully saturated rings. The van der Waals surface area contributed by atoms with Gasteiger partial charge in [0.1, 0.15) is 0 Å². The number of methoxy groups -OCH3 is 1. The van der Waals surface area contributed by atoms with E-state index in [0.29, 0.717) is 13.0 Å². The molecule has 0 bridgehead atoms. The van der Waals surface area contributed by atoms with E-state index < -0.39 is 0 Å². The summed E-state index contributed by atoms with van der Waals surface area (Å²) >= 11 is 2.21. The average molecular weight is 414 g/mol. The first-order valence-corrected chi connectivity index (χ1v) is 8.65. The molecule has 0 amide bonds. The molecule has 0 N–H and O–H groups in total. The molecule has 1 aromatic carbocycles. The maximum atomic E-state index is 11.0. The van der Waals surface area contributed by atoms with Crippen LogP contribution in [0.1, 0.15) is 31.2 Å². The quantitative estimate of drug-likeness (QED) is 0.239. The molecule has 0 heterocycles. The number of benzene rings is 1. The van der Waals surface area contributed by atoms with Crippen molar-refractivity contribution >= 4 is 28.6 Å². The predicted molar refractivity (Wildman–Crippen MR) is 97.8 cm³/mol. The van der Waals surface area contributed by atoms with Gasteiger partial charge in [-0.25, -0.2) is 0 Å². The Labute approximate surface area is 146 Å². The largest absolute Gasteiger partial charge is 0.469 e. The van der Waals surface area contributed by atoms with Gasteiger partial charge in [0.2, 0.25) is 0 Å². The fraction of sp³-hybridized carbons (Fsp3) is 0.389. The van der Waals surface area contributed by atoms with Crippen LogP contribution in [0.4, 0.5) is 0 Å². The van der Waals surface area contributed by atoms with Gasteiger partial charge < -0.3 is 9.47 Å². The van der Waals surface area contributed by atoms with Gasteiger partial charge in [0.25, 0.3) is 0 Å². The average Bonchev–Trinajstić information content (AvgIpc) is 2.56. The van der Waals surface area contributed by atoms with Gasteiger partial charge in [0.05, 0.1) is 19.8 Å². The summed E-state index contributed by atoms with van der Waals surface area (Å²) < 4.78 is 12.5. The number of esters is 1. The van der Waals surface area contributed by atoms with Crippen molar-refractivity contribution < 1.29 is 14.3 Å². The molecule has 1 atom stereocenters. The number of rotatable bonds is 10. The molecule has 0 aliphatic heterocycles. The molecule has 0 unspecified atom stereocenters. The van der Waals surface area contributed by atoms with Gasteiger partial charge in [-0.2, -0.15) is 0 Å². The molecule has 0 aliphatic carbocycles. The van der Waals surface area contributed by atoms with Crippen LogP contribution in [0.25, 0.3) is 0 Å². The summed E-state index contributed by atoms with van der Waals surface area (Å²) in [4.78, 5) is 11.0. The predicted octanol–water partition coefficient (Wildman–Crippen LogP) is 4.81. The van der Waals surface area contributed by atoms with E-state index in [9.17, 15) is 4.79 Å². The highest BCUT2D eigenvalue weighted by atomic mass is 127. The van der Waals surface area contributed by atoms with Gasteiger partial charge in [0, 0.05) is 6.42 Å². The van der Waals surface area contributed by atoms with Crippen LogP contribution in [0, 0.1) is 0 Å². The second-order valence-corrected chi connectivity index (χ2v) is 5.55. The number of carbonyl (C=O) groups is 1. The van der Waals surface area contributed by atoms with Crippen molar-refractivity contribution in [1.82, 2.24) is 0 Å². The van der Waals surface area contributed by atoms with E-state index in [2.05, 4.69) is 57.7 Å². The zero-order valence-electron chi connectivity index (χ0n) is 12.9. The Kier molecular flexibility index (Phi) is 10.7. The summed E-state index contributed by atoms with van der Waals surface area (Å²) in [6.07, 6.45) is 9.37. The third-order valence-electron chi connectivity index (χ3n) is 3.11. The number of unbranched alkanes of at least 4 members (excludes halogenated alkanes) is 1. The van der Waals surface area contributed by atoms with Crippen LogP contribution in [0.2, 0.25) is 0 Å². The third-order valence-corrected chi connectivity index (χ3v) is 3.52. The van der Waals surface area contributed by atoms with Gasteiger partial charge in [-0.05, 0) is 35.0 Å². The van der Waals surface area contributed by atoms with Crippen molar-refractivity contribution in [3.05, 3.63) is 58.2 Å². The number of carbonyl (C=O) groups excluding carboxylic acids is 1. The monoisotopic (exact) mass is 414 g/mol. The van der Waals surface area contributed by atoms with Crippen molar-refractivity contribution in [2.75, 3.05) is 7.11 Å². The molecular weight excluding hydrogens is 391 g/mol. The van der Waals surface area contributed by atoms with Gasteiger partial charge >= 0.3 is 5.97 Å². The fourth-order valence-corrected chi connectivity index (χ4v) is 2.34. The van der Waals surface area contributed by atoms with E-state index in [1.54, 1.807) is 0 Å². The second kappa shape index (κ2) is 12.4. The van der Waals surface area contributed by atoms with E-state index in [-0.39, 0.29) is 12.1 Å². The van der Waals surface area contributed by atoms with Crippen LogP contribution >= 0.6 is 22.6 Å². The molecule has 120 valence electrons. The minimum Gasteiger partial charge on any atom is -0.469 e. The SMILES string of the molecule is COC(=O)CCC/C=C\C[C@H](/C=C/I)OCc1ccccc1. The Balaban J connectivity index is 2.27. The van der Waals surface area contributed by atoms with Gasteiger partial charge in [-0.15, -0.1) is 0 Å². The van der Waals surface area contributed by atoms with E-state index in [1.807, 2.05) is 22.3 Å². The first kappa shape index (κ1) is 18.9. The first-order chi connectivity index (χ1) is 10.8. The molecule has 1 aromatic rings. The molecule has 1 rings (SSSR count). The van der Waals surface area contributed by atoms with Crippen LogP contribution in [-0.2, 0) is 20.9 Å². The van der Waals surface area contributed by atoms with Crippen molar-refractivity contribution in [3.8, 4) is 0 Å². The topological polar surface area (TPSA) is 35.5 Å². The summed E-state index contributed by atoms with van der Waals surface area (Å²) in [5.74, 6) is -0.148. The lowest BCUT2D eigenvalue weighted by Gasteiger charge is -2.12. The van der Waals surface area contributed by atoms with Crippen LogP contribution < -0.4 is 0 Å². The van der Waals surface area contributed by atoms with Crippen molar-refractivity contribution in [2.45, 2.75) is 38.4 Å². The maximum absolute atomic E-state index is 11.0. The Morgan fingerprint density at radius 3 is 2.73 bits per heavy atom. The third kappa shape index (κ3) is 9.00. The smallest absolute Gasteiger partial charge is 0.305 e. The number of ether oxygens (including phenoxy) is 2. The lowest BCUT2D eigenvalue weighted by molar-refractivity contribution is -0.140. The summed E-state index contributed by atoms with van der Waals surface area (Å²) in [5, 5.41) is 0. The van der Waals surface area contributed by atoms with Crippen molar-refractivity contribution in [2.24, 2.45) is 0 Å². The molecule has 22 heavy (non-hydrogen) atoms. The Morgan fingerprint density at radius 2 is 2.05 bits per heavy atom. The van der Waals surface area contributed by atoms with Crippen LogP contribution in [0.15, 0.2) is 52.6 Å². The lowest BCUT2D eigenvalue weighted by atomic mass is 10.2. The van der Waals surface area contributed by atoms with Crippen molar-refractivity contribution in [1.29, 1.82) is 0 Å². The van der Waals surface area contributed by atoms with Crippen LogP contribution in [-0.4, -0.2) is 19.2 Å². The Morgan fingerprint density at radius 1 is 1.27 bits per heavy atom. The molecule has 0 radical (unpaired) electrons. The van der Waals surface area contributed by atoms with Gasteiger partial charge in [-0.3, -0.25) is 4.79 Å². The molecule has 0 saturated heterocycles. The number of hydrogen-bond acceptors (Lipinski definition) is 3. The summed E-state index contributed by atoms with van der Waals surface area (Å²) in [6.45, 7) is 0.614. The molecule has 0 saturated carbocycles. The molecule has 3 nitrogen and oxygen atoms in total. The van der Waals surface area contributed by atoms with Crippen LogP contribution in [0.5, 0.6) is 0 Å². The molecular formula is C18H23IO3. The van der Waals surface area contributed by atoms with Crippen LogP contribution in [0.3, 0.4) is 0 Å². The number of halogens is 1. The zero-order chi connectivity index (χ0) is 16.0. The second-order valence-electron chi connectivity index (χ2n) is 4.83. The Bertz CT molecular complexity index is 468. The molecule has 0 aromatic heterocycles. The van der Waals surface area contributed by atoms with E-state index in [4.69, 9.17) is 4.74 Å². The highest BCUT2D eigenvalue weighted by molar-refractivity contribution is 14.1. The Hall–Kier alpha value is -1.14. The first-order valence-electron chi connectivity index (χ1n) is 7.40. The summed E-state index contributed by atoms with van der Waals surface area (Å²) in [6, 6.07) is 10.2. The van der Waals surface area contributed by atoms with Crippen molar-refractivity contribution in [3.63, 3.8) is 0 Å². The highest BCUT2D eigenvalue weighted by Gasteiger charge is 2.03. The minimum atomic E-state index is -0.148. The normalized spacial score (nSPS) is 12.8. The standard InChI is InChI=1S/C18H23IO3/c1-21-18(20)12-8-3-2-7-11-17(13-14-19)22-15-16-9-5-4-6-10-16/h2,4-7,9-10,13-14,17H,3,8,11-12,15H2,1H3/b7-2-,14-13+/t17-/m1/s1.